The van der Waals surface area contributed by atoms with Gasteiger partial charge in [0.05, 0.1) is 0 Å². The molecular formula is C15H22Cl2N2. The lowest BCUT2D eigenvalue weighted by atomic mass is 10.0. The van der Waals surface area contributed by atoms with Crippen LogP contribution in [0.1, 0.15) is 31.7 Å². The zero-order valence-corrected chi connectivity index (χ0v) is 13.0. The summed E-state index contributed by atoms with van der Waals surface area (Å²) in [4.78, 5) is 2.55. The van der Waals surface area contributed by atoms with Crippen LogP contribution < -0.4 is 5.32 Å². The number of hydrogen-bond acceptors (Lipinski definition) is 2. The van der Waals surface area contributed by atoms with Gasteiger partial charge in [-0.05, 0) is 62.7 Å². The van der Waals surface area contributed by atoms with Crippen molar-refractivity contribution in [2.24, 2.45) is 0 Å². The maximum Gasteiger partial charge on any atom is 0.0451 e. The Bertz CT molecular complexity index is 401. The maximum atomic E-state index is 6.17. The molecule has 1 heterocycles. The molecule has 1 aromatic carbocycles. The Morgan fingerprint density at radius 2 is 2.00 bits per heavy atom. The number of piperidine rings is 1. The van der Waals surface area contributed by atoms with Crippen LogP contribution in [-0.4, -0.2) is 30.6 Å². The van der Waals surface area contributed by atoms with Gasteiger partial charge >= 0.3 is 0 Å². The number of rotatable bonds is 5. The molecule has 1 saturated heterocycles. The first-order chi connectivity index (χ1) is 9.19. The first-order valence-corrected chi connectivity index (χ1v) is 7.84. The average Bonchev–Trinajstić information content (AvgIpc) is 2.42. The molecule has 1 fully saturated rings. The molecule has 1 aliphatic heterocycles. The lowest BCUT2D eigenvalue weighted by molar-refractivity contribution is 0.197. The Hall–Kier alpha value is -0.280. The highest BCUT2D eigenvalue weighted by atomic mass is 35.5. The predicted octanol–water partition coefficient (Wildman–Crippen LogP) is 3.96. The van der Waals surface area contributed by atoms with Gasteiger partial charge in [-0.3, -0.25) is 0 Å². The van der Waals surface area contributed by atoms with Crippen molar-refractivity contribution in [3.8, 4) is 0 Å². The summed E-state index contributed by atoms with van der Waals surface area (Å²) in [7, 11) is 0. The molecule has 1 N–H and O–H groups in total. The first-order valence-electron chi connectivity index (χ1n) is 7.08. The summed E-state index contributed by atoms with van der Waals surface area (Å²) in [6, 6.07) is 6.24. The molecule has 106 valence electrons. The van der Waals surface area contributed by atoms with Crippen LogP contribution in [0.5, 0.6) is 0 Å². The van der Waals surface area contributed by atoms with Crippen LogP contribution in [-0.2, 0) is 6.54 Å². The summed E-state index contributed by atoms with van der Waals surface area (Å²) in [6.07, 6.45) is 3.69. The van der Waals surface area contributed by atoms with Crippen LogP contribution in [0.25, 0.3) is 0 Å². The minimum atomic E-state index is 0.600. The van der Waals surface area contributed by atoms with E-state index in [-0.39, 0.29) is 0 Å². The van der Waals surface area contributed by atoms with Crippen LogP contribution in [0.2, 0.25) is 10.0 Å². The predicted molar refractivity (Wildman–Crippen MR) is 83.1 cm³/mol. The molecule has 0 spiro atoms. The first kappa shape index (κ1) is 15.1. The summed E-state index contributed by atoms with van der Waals surface area (Å²) in [5.41, 5.74) is 1.09. The Labute approximate surface area is 126 Å². The number of nitrogens with zero attached hydrogens (tertiary/aromatic N) is 1. The fraction of sp³-hybridized carbons (Fsp3) is 0.600. The fourth-order valence-electron chi connectivity index (χ4n) is 2.61. The second-order valence-corrected chi connectivity index (χ2v) is 6.08. The molecule has 0 radical (unpaired) electrons. The molecular weight excluding hydrogens is 279 g/mol. The monoisotopic (exact) mass is 300 g/mol. The van der Waals surface area contributed by atoms with Crippen molar-refractivity contribution >= 4 is 23.2 Å². The van der Waals surface area contributed by atoms with E-state index in [1.807, 2.05) is 18.2 Å². The number of likely N-dealkylation sites (tertiary alicyclic amines) is 1. The van der Waals surface area contributed by atoms with Crippen LogP contribution in [0.15, 0.2) is 18.2 Å². The molecule has 0 aromatic heterocycles. The minimum absolute atomic E-state index is 0.600. The molecule has 4 heteroatoms. The van der Waals surface area contributed by atoms with E-state index in [2.05, 4.69) is 17.1 Å². The quantitative estimate of drug-likeness (QED) is 0.885. The van der Waals surface area contributed by atoms with Gasteiger partial charge in [-0.1, -0.05) is 30.1 Å². The van der Waals surface area contributed by atoms with E-state index in [9.17, 15) is 0 Å². The Kier molecular flexibility index (Phi) is 5.96. The van der Waals surface area contributed by atoms with Crippen molar-refractivity contribution in [1.82, 2.24) is 10.2 Å². The second-order valence-electron chi connectivity index (χ2n) is 5.23. The molecule has 0 saturated carbocycles. The maximum absolute atomic E-state index is 6.17. The van der Waals surface area contributed by atoms with Crippen molar-refractivity contribution in [3.05, 3.63) is 33.8 Å². The third-order valence-corrected chi connectivity index (χ3v) is 4.32. The number of hydrogen-bond donors (Lipinski definition) is 1. The van der Waals surface area contributed by atoms with E-state index < -0.39 is 0 Å². The minimum Gasteiger partial charge on any atom is -0.310 e. The van der Waals surface area contributed by atoms with Crippen LogP contribution >= 0.6 is 23.2 Å². The SMILES string of the molecule is CCCN1CCC(NCc2cc(Cl)ccc2Cl)CC1. The van der Waals surface area contributed by atoms with Gasteiger partial charge in [-0.15, -0.1) is 0 Å². The third-order valence-electron chi connectivity index (χ3n) is 3.72. The normalized spacial score (nSPS) is 17.8. The number of halogens is 2. The summed E-state index contributed by atoms with van der Waals surface area (Å²) in [5, 5.41) is 5.14. The Morgan fingerprint density at radius 1 is 1.26 bits per heavy atom. The molecule has 2 rings (SSSR count). The molecule has 0 aliphatic carbocycles. The largest absolute Gasteiger partial charge is 0.310 e. The van der Waals surface area contributed by atoms with Crippen molar-refractivity contribution in [1.29, 1.82) is 0 Å². The lowest BCUT2D eigenvalue weighted by Gasteiger charge is -2.32. The summed E-state index contributed by atoms with van der Waals surface area (Å²) >= 11 is 12.2. The second kappa shape index (κ2) is 7.49. The highest BCUT2D eigenvalue weighted by Crippen LogP contribution is 2.21. The molecule has 0 atom stereocenters. The molecule has 2 nitrogen and oxygen atoms in total. The van der Waals surface area contributed by atoms with E-state index in [1.54, 1.807) is 0 Å². The van der Waals surface area contributed by atoms with E-state index in [4.69, 9.17) is 23.2 Å². The van der Waals surface area contributed by atoms with Crippen molar-refractivity contribution in [2.75, 3.05) is 19.6 Å². The Morgan fingerprint density at radius 3 is 2.68 bits per heavy atom. The van der Waals surface area contributed by atoms with E-state index >= 15 is 0 Å². The summed E-state index contributed by atoms with van der Waals surface area (Å²) in [6.45, 7) is 6.68. The molecule has 0 unspecified atom stereocenters. The topological polar surface area (TPSA) is 15.3 Å². The van der Waals surface area contributed by atoms with Gasteiger partial charge in [-0.2, -0.15) is 0 Å². The van der Waals surface area contributed by atoms with Crippen LogP contribution in [0.4, 0.5) is 0 Å². The standard InChI is InChI=1S/C15H22Cl2N2/c1-2-7-19-8-5-14(6-9-19)18-11-12-10-13(16)3-4-15(12)17/h3-4,10,14,18H,2,5-9,11H2,1H3. The van der Waals surface area contributed by atoms with Crippen molar-refractivity contribution in [3.63, 3.8) is 0 Å². The van der Waals surface area contributed by atoms with Gasteiger partial charge in [0, 0.05) is 22.6 Å². The molecule has 19 heavy (non-hydrogen) atoms. The van der Waals surface area contributed by atoms with E-state index in [1.165, 1.54) is 38.9 Å². The number of benzene rings is 1. The zero-order chi connectivity index (χ0) is 13.7. The highest BCUT2D eigenvalue weighted by molar-refractivity contribution is 6.33. The van der Waals surface area contributed by atoms with Crippen LogP contribution in [0.3, 0.4) is 0 Å². The van der Waals surface area contributed by atoms with Gasteiger partial charge in [0.1, 0.15) is 0 Å². The molecule has 0 amide bonds. The Balaban J connectivity index is 1.79. The van der Waals surface area contributed by atoms with E-state index in [0.717, 1.165) is 22.2 Å². The smallest absolute Gasteiger partial charge is 0.0451 e. The van der Waals surface area contributed by atoms with Crippen molar-refractivity contribution < 1.29 is 0 Å². The molecule has 0 bridgehead atoms. The molecule has 1 aromatic rings. The summed E-state index contributed by atoms with van der Waals surface area (Å²) in [5.74, 6) is 0. The zero-order valence-electron chi connectivity index (χ0n) is 11.5. The van der Waals surface area contributed by atoms with Gasteiger partial charge in [0.15, 0.2) is 0 Å². The lowest BCUT2D eigenvalue weighted by Crippen LogP contribution is -2.42. The highest BCUT2D eigenvalue weighted by Gasteiger charge is 2.18. The van der Waals surface area contributed by atoms with Crippen molar-refractivity contribution in [2.45, 2.75) is 38.8 Å². The van der Waals surface area contributed by atoms with Gasteiger partial charge in [0.2, 0.25) is 0 Å². The summed E-state index contributed by atoms with van der Waals surface area (Å²) < 4.78 is 0. The van der Waals surface area contributed by atoms with Crippen LogP contribution in [0, 0.1) is 0 Å². The fourth-order valence-corrected chi connectivity index (χ4v) is 2.99. The van der Waals surface area contributed by atoms with Gasteiger partial charge < -0.3 is 10.2 Å². The molecule has 1 aliphatic rings. The third kappa shape index (κ3) is 4.64. The average molecular weight is 301 g/mol. The van der Waals surface area contributed by atoms with Gasteiger partial charge in [-0.25, -0.2) is 0 Å². The van der Waals surface area contributed by atoms with E-state index in [0.29, 0.717) is 6.04 Å². The number of nitrogens with one attached hydrogen (secondary N) is 1. The van der Waals surface area contributed by atoms with Gasteiger partial charge in [0.25, 0.3) is 0 Å².